The summed E-state index contributed by atoms with van der Waals surface area (Å²) in [7, 11) is 0. The number of anilines is 1. The smallest absolute Gasteiger partial charge is 0.254 e. The van der Waals surface area contributed by atoms with Crippen LogP contribution in [0.2, 0.25) is 0 Å². The van der Waals surface area contributed by atoms with E-state index in [1.807, 2.05) is 4.90 Å². The molecule has 92 valence electrons. The summed E-state index contributed by atoms with van der Waals surface area (Å²) in [5.41, 5.74) is 6.97. The zero-order valence-electron chi connectivity index (χ0n) is 10.1. The Bertz CT molecular complexity index is 389. The van der Waals surface area contributed by atoms with Crippen LogP contribution in [0.3, 0.4) is 0 Å². The van der Waals surface area contributed by atoms with Crippen molar-refractivity contribution in [2.75, 3.05) is 25.4 Å². The summed E-state index contributed by atoms with van der Waals surface area (Å²) in [5.74, 6) is 0.0618. The first-order valence-electron chi connectivity index (χ1n) is 5.97. The van der Waals surface area contributed by atoms with E-state index in [0.29, 0.717) is 30.9 Å². The predicted molar refractivity (Wildman–Crippen MR) is 66.8 cm³/mol. The van der Waals surface area contributed by atoms with E-state index >= 15 is 0 Å². The van der Waals surface area contributed by atoms with Gasteiger partial charge in [-0.2, -0.15) is 0 Å². The van der Waals surface area contributed by atoms with Gasteiger partial charge in [-0.25, -0.2) is 0 Å². The Morgan fingerprint density at radius 3 is 2.82 bits per heavy atom. The molecule has 0 saturated carbocycles. The van der Waals surface area contributed by atoms with E-state index in [0.717, 1.165) is 6.42 Å². The van der Waals surface area contributed by atoms with E-state index in [4.69, 9.17) is 10.5 Å². The molecule has 0 bridgehead atoms. The Kier molecular flexibility index (Phi) is 3.64. The molecular formula is C13H18N2O2. The Labute approximate surface area is 101 Å². The molecule has 1 fully saturated rings. The third-order valence-electron chi connectivity index (χ3n) is 3.04. The van der Waals surface area contributed by atoms with Crippen LogP contribution < -0.4 is 5.73 Å². The minimum atomic E-state index is 0.0618. The van der Waals surface area contributed by atoms with Crippen molar-refractivity contribution in [3.05, 3.63) is 29.8 Å². The number of hydrogen-bond donors (Lipinski definition) is 1. The Hall–Kier alpha value is -1.55. The molecule has 4 heteroatoms. The summed E-state index contributed by atoms with van der Waals surface area (Å²) in [5, 5.41) is 0. The molecule has 1 saturated heterocycles. The van der Waals surface area contributed by atoms with Crippen molar-refractivity contribution in [1.29, 1.82) is 0 Å². The zero-order chi connectivity index (χ0) is 12.3. The second-order valence-corrected chi connectivity index (χ2v) is 4.27. The third-order valence-corrected chi connectivity index (χ3v) is 3.04. The van der Waals surface area contributed by atoms with E-state index in [-0.39, 0.29) is 12.0 Å². The molecule has 1 heterocycles. The maximum Gasteiger partial charge on any atom is 0.254 e. The fourth-order valence-corrected chi connectivity index (χ4v) is 1.96. The summed E-state index contributed by atoms with van der Waals surface area (Å²) in [4.78, 5) is 14.1. The van der Waals surface area contributed by atoms with Crippen molar-refractivity contribution in [3.8, 4) is 0 Å². The number of nitrogen functional groups attached to an aromatic ring is 1. The van der Waals surface area contributed by atoms with Crippen LogP contribution in [0, 0.1) is 0 Å². The molecule has 1 unspecified atom stereocenters. The highest BCUT2D eigenvalue weighted by Gasteiger charge is 2.23. The van der Waals surface area contributed by atoms with Gasteiger partial charge in [-0.3, -0.25) is 4.79 Å². The topological polar surface area (TPSA) is 55.6 Å². The molecule has 17 heavy (non-hydrogen) atoms. The van der Waals surface area contributed by atoms with E-state index < -0.39 is 0 Å². The lowest BCUT2D eigenvalue weighted by molar-refractivity contribution is -0.0226. The average molecular weight is 234 g/mol. The zero-order valence-corrected chi connectivity index (χ0v) is 10.1. The number of amides is 1. The number of morpholine rings is 1. The van der Waals surface area contributed by atoms with Crippen molar-refractivity contribution in [2.45, 2.75) is 19.4 Å². The van der Waals surface area contributed by atoms with Crippen LogP contribution in [0.25, 0.3) is 0 Å². The third kappa shape index (κ3) is 2.77. The highest BCUT2D eigenvalue weighted by Crippen LogP contribution is 2.13. The molecule has 1 aromatic rings. The predicted octanol–water partition coefficient (Wildman–Crippen LogP) is 1.52. The lowest BCUT2D eigenvalue weighted by atomic mass is 10.1. The number of ether oxygens (including phenoxy) is 1. The van der Waals surface area contributed by atoms with Crippen LogP contribution in [0.15, 0.2) is 24.3 Å². The summed E-state index contributed by atoms with van der Waals surface area (Å²) in [6.45, 7) is 4.04. The van der Waals surface area contributed by atoms with Crippen LogP contribution in [0.4, 0.5) is 5.69 Å². The van der Waals surface area contributed by atoms with Gasteiger partial charge in [0.05, 0.1) is 12.7 Å². The number of carbonyl (C=O) groups is 1. The number of benzene rings is 1. The summed E-state index contributed by atoms with van der Waals surface area (Å²) < 4.78 is 5.55. The van der Waals surface area contributed by atoms with E-state index in [1.54, 1.807) is 24.3 Å². The monoisotopic (exact) mass is 234 g/mol. The first-order chi connectivity index (χ1) is 8.20. The van der Waals surface area contributed by atoms with Crippen molar-refractivity contribution in [1.82, 2.24) is 4.90 Å². The quantitative estimate of drug-likeness (QED) is 0.789. The summed E-state index contributed by atoms with van der Waals surface area (Å²) >= 11 is 0. The van der Waals surface area contributed by atoms with Gasteiger partial charge >= 0.3 is 0 Å². The standard InChI is InChI=1S/C13H18N2O2/c1-2-12-9-15(7-8-17-12)13(16)10-3-5-11(14)6-4-10/h3-6,12H,2,7-9,14H2,1H3. The van der Waals surface area contributed by atoms with Crippen molar-refractivity contribution >= 4 is 11.6 Å². The van der Waals surface area contributed by atoms with Crippen LogP contribution in [0.1, 0.15) is 23.7 Å². The molecule has 1 amide bonds. The minimum Gasteiger partial charge on any atom is -0.399 e. The number of hydrogen-bond acceptors (Lipinski definition) is 3. The lowest BCUT2D eigenvalue weighted by Gasteiger charge is -2.32. The maximum atomic E-state index is 12.2. The van der Waals surface area contributed by atoms with Gasteiger partial charge in [0.25, 0.3) is 5.91 Å². The first kappa shape index (κ1) is 11.9. The maximum absolute atomic E-state index is 12.2. The van der Waals surface area contributed by atoms with Gasteiger partial charge in [-0.1, -0.05) is 6.92 Å². The van der Waals surface area contributed by atoms with Gasteiger partial charge in [-0.05, 0) is 30.7 Å². The average Bonchev–Trinajstić information content (AvgIpc) is 2.39. The van der Waals surface area contributed by atoms with Crippen molar-refractivity contribution in [2.24, 2.45) is 0 Å². The highest BCUT2D eigenvalue weighted by atomic mass is 16.5. The van der Waals surface area contributed by atoms with E-state index in [2.05, 4.69) is 6.92 Å². The number of nitrogens with zero attached hydrogens (tertiary/aromatic N) is 1. The fraction of sp³-hybridized carbons (Fsp3) is 0.462. The van der Waals surface area contributed by atoms with E-state index in [9.17, 15) is 4.79 Å². The van der Waals surface area contributed by atoms with Gasteiger partial charge < -0.3 is 15.4 Å². The molecule has 1 aliphatic rings. The van der Waals surface area contributed by atoms with Gasteiger partial charge in [-0.15, -0.1) is 0 Å². The molecule has 2 N–H and O–H groups in total. The van der Waals surface area contributed by atoms with Gasteiger partial charge in [0, 0.05) is 24.3 Å². The van der Waals surface area contributed by atoms with Gasteiger partial charge in [0.2, 0.25) is 0 Å². The first-order valence-corrected chi connectivity index (χ1v) is 5.97. The lowest BCUT2D eigenvalue weighted by Crippen LogP contribution is -2.45. The normalized spacial score (nSPS) is 20.3. The van der Waals surface area contributed by atoms with Crippen LogP contribution in [0.5, 0.6) is 0 Å². The van der Waals surface area contributed by atoms with E-state index in [1.165, 1.54) is 0 Å². The minimum absolute atomic E-state index is 0.0618. The molecular weight excluding hydrogens is 216 g/mol. The second kappa shape index (κ2) is 5.19. The molecule has 1 atom stereocenters. The van der Waals surface area contributed by atoms with Crippen molar-refractivity contribution in [3.63, 3.8) is 0 Å². The molecule has 0 aliphatic carbocycles. The molecule has 2 rings (SSSR count). The van der Waals surface area contributed by atoms with Gasteiger partial charge in [0.1, 0.15) is 0 Å². The number of carbonyl (C=O) groups excluding carboxylic acids is 1. The molecule has 1 aliphatic heterocycles. The fourth-order valence-electron chi connectivity index (χ4n) is 1.96. The molecule has 1 aromatic carbocycles. The number of rotatable bonds is 2. The van der Waals surface area contributed by atoms with Crippen molar-refractivity contribution < 1.29 is 9.53 Å². The van der Waals surface area contributed by atoms with Crippen LogP contribution in [-0.2, 0) is 4.74 Å². The molecule has 4 nitrogen and oxygen atoms in total. The Morgan fingerprint density at radius 2 is 2.18 bits per heavy atom. The van der Waals surface area contributed by atoms with Crippen LogP contribution >= 0.6 is 0 Å². The largest absolute Gasteiger partial charge is 0.399 e. The number of nitrogens with two attached hydrogens (primary N) is 1. The highest BCUT2D eigenvalue weighted by molar-refractivity contribution is 5.94. The van der Waals surface area contributed by atoms with Crippen LogP contribution in [-0.4, -0.2) is 36.6 Å². The summed E-state index contributed by atoms with van der Waals surface area (Å²) in [6, 6.07) is 7.05. The second-order valence-electron chi connectivity index (χ2n) is 4.27. The molecule has 0 spiro atoms. The van der Waals surface area contributed by atoms with Gasteiger partial charge in [0.15, 0.2) is 0 Å². The molecule has 0 aromatic heterocycles. The molecule has 0 radical (unpaired) electrons. The SMILES string of the molecule is CCC1CN(C(=O)c2ccc(N)cc2)CCO1. The summed E-state index contributed by atoms with van der Waals surface area (Å²) in [6.07, 6.45) is 1.10. The Morgan fingerprint density at radius 1 is 1.47 bits per heavy atom. The Balaban J connectivity index is 2.06.